The van der Waals surface area contributed by atoms with Crippen molar-refractivity contribution in [2.45, 2.75) is 27.2 Å². The molecule has 1 heterocycles. The number of rotatable bonds is 3. The second kappa shape index (κ2) is 5.02. The van der Waals surface area contributed by atoms with Gasteiger partial charge in [0.25, 0.3) is 0 Å². The van der Waals surface area contributed by atoms with Gasteiger partial charge in [-0.1, -0.05) is 31.5 Å². The Hall–Kier alpha value is -1.48. The first-order valence-electron chi connectivity index (χ1n) is 6.08. The number of nitrogens with two attached hydrogens (primary N) is 1. The van der Waals surface area contributed by atoms with E-state index in [-0.39, 0.29) is 0 Å². The minimum atomic E-state index is 0.539. The average Bonchev–Trinajstić information content (AvgIpc) is 2.64. The Morgan fingerprint density at radius 3 is 2.72 bits per heavy atom. The fourth-order valence-electron chi connectivity index (χ4n) is 2.03. The van der Waals surface area contributed by atoms with Crippen molar-refractivity contribution >= 4 is 17.4 Å². The van der Waals surface area contributed by atoms with E-state index in [4.69, 9.17) is 17.3 Å². The summed E-state index contributed by atoms with van der Waals surface area (Å²) in [5, 5.41) is 7.92. The molecule has 0 aliphatic carbocycles. The standard InChI is InChI=1S/C14H18ClN3/c1-8(2)6-11-13(17-18-14(11)16)10-4-5-12(15)9(3)7-10/h4-5,7-8H,6H2,1-3H3,(H3,16,17,18). The molecule has 0 unspecified atom stereocenters. The number of benzene rings is 1. The molecule has 0 fully saturated rings. The molecule has 18 heavy (non-hydrogen) atoms. The maximum atomic E-state index is 6.05. The second-order valence-electron chi connectivity index (χ2n) is 5.02. The summed E-state index contributed by atoms with van der Waals surface area (Å²) in [6, 6.07) is 5.95. The minimum Gasteiger partial charge on any atom is -0.382 e. The van der Waals surface area contributed by atoms with Gasteiger partial charge in [-0.2, -0.15) is 5.10 Å². The molecular formula is C14H18ClN3. The molecule has 2 aromatic rings. The van der Waals surface area contributed by atoms with E-state index < -0.39 is 0 Å². The van der Waals surface area contributed by atoms with Gasteiger partial charge < -0.3 is 5.73 Å². The molecule has 3 nitrogen and oxygen atoms in total. The van der Waals surface area contributed by atoms with Crippen molar-refractivity contribution in [2.24, 2.45) is 5.92 Å². The smallest absolute Gasteiger partial charge is 0.149 e. The molecule has 0 radical (unpaired) electrons. The minimum absolute atomic E-state index is 0.539. The zero-order chi connectivity index (χ0) is 13.3. The third-order valence-electron chi connectivity index (χ3n) is 2.96. The van der Waals surface area contributed by atoms with Gasteiger partial charge >= 0.3 is 0 Å². The largest absolute Gasteiger partial charge is 0.382 e. The van der Waals surface area contributed by atoms with Gasteiger partial charge in [0.2, 0.25) is 0 Å². The first-order valence-corrected chi connectivity index (χ1v) is 6.46. The summed E-state index contributed by atoms with van der Waals surface area (Å²) < 4.78 is 0. The van der Waals surface area contributed by atoms with E-state index in [0.29, 0.717) is 11.7 Å². The lowest BCUT2D eigenvalue weighted by Crippen LogP contribution is -1.99. The van der Waals surface area contributed by atoms with Crippen LogP contribution in [0, 0.1) is 12.8 Å². The van der Waals surface area contributed by atoms with Crippen LogP contribution in [0.3, 0.4) is 0 Å². The van der Waals surface area contributed by atoms with E-state index in [1.807, 2.05) is 19.1 Å². The quantitative estimate of drug-likeness (QED) is 0.885. The number of nitrogens with one attached hydrogen (secondary N) is 1. The molecule has 1 aromatic carbocycles. The number of aromatic amines is 1. The molecular weight excluding hydrogens is 246 g/mol. The van der Waals surface area contributed by atoms with E-state index in [2.05, 4.69) is 30.1 Å². The summed E-state index contributed by atoms with van der Waals surface area (Å²) in [7, 11) is 0. The molecule has 0 saturated heterocycles. The Morgan fingerprint density at radius 2 is 2.11 bits per heavy atom. The number of aromatic nitrogens is 2. The van der Waals surface area contributed by atoms with Crippen molar-refractivity contribution in [1.29, 1.82) is 0 Å². The van der Waals surface area contributed by atoms with Gasteiger partial charge in [-0.25, -0.2) is 0 Å². The van der Waals surface area contributed by atoms with Gasteiger partial charge in [-0.3, -0.25) is 5.10 Å². The van der Waals surface area contributed by atoms with E-state index in [9.17, 15) is 0 Å². The van der Waals surface area contributed by atoms with E-state index >= 15 is 0 Å². The highest BCUT2D eigenvalue weighted by molar-refractivity contribution is 6.31. The predicted octanol–water partition coefficient (Wildman–Crippen LogP) is 3.82. The van der Waals surface area contributed by atoms with Crippen molar-refractivity contribution in [3.63, 3.8) is 0 Å². The number of anilines is 1. The summed E-state index contributed by atoms with van der Waals surface area (Å²) in [4.78, 5) is 0. The Balaban J connectivity index is 2.47. The van der Waals surface area contributed by atoms with Crippen LogP contribution in [0.5, 0.6) is 0 Å². The molecule has 0 amide bonds. The molecule has 0 aliphatic rings. The number of hydrogen-bond donors (Lipinski definition) is 2. The number of nitrogen functional groups attached to an aromatic ring is 1. The highest BCUT2D eigenvalue weighted by atomic mass is 35.5. The summed E-state index contributed by atoms with van der Waals surface area (Å²) in [6.07, 6.45) is 0.916. The van der Waals surface area contributed by atoms with Gasteiger partial charge in [-0.15, -0.1) is 0 Å². The van der Waals surface area contributed by atoms with Crippen molar-refractivity contribution in [3.05, 3.63) is 34.3 Å². The molecule has 0 bridgehead atoms. The van der Waals surface area contributed by atoms with Crippen molar-refractivity contribution < 1.29 is 0 Å². The molecule has 1 aromatic heterocycles. The molecule has 0 atom stereocenters. The number of aryl methyl sites for hydroxylation is 1. The van der Waals surface area contributed by atoms with Gasteiger partial charge in [0, 0.05) is 16.1 Å². The van der Waals surface area contributed by atoms with Crippen molar-refractivity contribution in [3.8, 4) is 11.3 Å². The highest BCUT2D eigenvalue weighted by Crippen LogP contribution is 2.29. The van der Waals surface area contributed by atoms with Gasteiger partial charge in [0.1, 0.15) is 5.82 Å². The van der Waals surface area contributed by atoms with Gasteiger partial charge in [0.05, 0.1) is 5.69 Å². The molecule has 0 saturated carbocycles. The number of hydrogen-bond acceptors (Lipinski definition) is 2. The summed E-state index contributed by atoms with van der Waals surface area (Å²) in [5.74, 6) is 1.13. The van der Waals surface area contributed by atoms with Crippen LogP contribution in [-0.4, -0.2) is 10.2 Å². The van der Waals surface area contributed by atoms with Crippen molar-refractivity contribution in [2.75, 3.05) is 5.73 Å². The fourth-order valence-corrected chi connectivity index (χ4v) is 2.15. The third kappa shape index (κ3) is 2.51. The first-order chi connectivity index (χ1) is 8.49. The lowest BCUT2D eigenvalue weighted by Gasteiger charge is -2.08. The van der Waals surface area contributed by atoms with Crippen LogP contribution in [0.15, 0.2) is 18.2 Å². The lowest BCUT2D eigenvalue weighted by molar-refractivity contribution is 0.649. The predicted molar refractivity (Wildman–Crippen MR) is 76.7 cm³/mol. The number of nitrogens with zero attached hydrogens (tertiary/aromatic N) is 1. The molecule has 0 spiro atoms. The highest BCUT2D eigenvalue weighted by Gasteiger charge is 2.14. The van der Waals surface area contributed by atoms with Crippen LogP contribution in [0.25, 0.3) is 11.3 Å². The number of H-pyrrole nitrogens is 1. The normalized spacial score (nSPS) is 11.2. The first kappa shape index (κ1) is 13.0. The zero-order valence-electron chi connectivity index (χ0n) is 10.9. The molecule has 4 heteroatoms. The Kier molecular flexibility index (Phi) is 3.62. The summed E-state index contributed by atoms with van der Waals surface area (Å²) in [5.41, 5.74) is 10.2. The Morgan fingerprint density at radius 1 is 1.39 bits per heavy atom. The lowest BCUT2D eigenvalue weighted by atomic mass is 9.98. The second-order valence-corrected chi connectivity index (χ2v) is 5.43. The maximum Gasteiger partial charge on any atom is 0.149 e. The van der Waals surface area contributed by atoms with Crippen LogP contribution in [0.2, 0.25) is 5.02 Å². The van der Waals surface area contributed by atoms with Crippen LogP contribution < -0.4 is 5.73 Å². The molecule has 2 rings (SSSR count). The Labute approximate surface area is 112 Å². The zero-order valence-corrected chi connectivity index (χ0v) is 11.7. The molecule has 96 valence electrons. The van der Waals surface area contributed by atoms with Crippen LogP contribution in [-0.2, 0) is 6.42 Å². The molecule has 3 N–H and O–H groups in total. The van der Waals surface area contributed by atoms with E-state index in [1.165, 1.54) is 0 Å². The van der Waals surface area contributed by atoms with Gasteiger partial charge in [0.15, 0.2) is 0 Å². The Bertz CT molecular complexity index is 558. The van der Waals surface area contributed by atoms with E-state index in [1.54, 1.807) is 0 Å². The maximum absolute atomic E-state index is 6.05. The van der Waals surface area contributed by atoms with Crippen LogP contribution >= 0.6 is 11.6 Å². The monoisotopic (exact) mass is 263 g/mol. The third-order valence-corrected chi connectivity index (χ3v) is 3.38. The van der Waals surface area contributed by atoms with Crippen LogP contribution in [0.4, 0.5) is 5.82 Å². The van der Waals surface area contributed by atoms with Crippen molar-refractivity contribution in [1.82, 2.24) is 10.2 Å². The van der Waals surface area contributed by atoms with E-state index in [0.717, 1.165) is 33.8 Å². The molecule has 0 aliphatic heterocycles. The number of halogens is 1. The fraction of sp³-hybridized carbons (Fsp3) is 0.357. The van der Waals surface area contributed by atoms with Gasteiger partial charge in [-0.05, 0) is 37.0 Å². The average molecular weight is 264 g/mol. The SMILES string of the molecule is Cc1cc(-c2[nH]nc(N)c2CC(C)C)ccc1Cl. The summed E-state index contributed by atoms with van der Waals surface area (Å²) in [6.45, 7) is 6.33. The van der Waals surface area contributed by atoms with Crippen LogP contribution in [0.1, 0.15) is 25.0 Å². The topological polar surface area (TPSA) is 54.7 Å². The summed E-state index contributed by atoms with van der Waals surface area (Å²) >= 11 is 6.05.